The number of ether oxygens (including phenoxy) is 1. The van der Waals surface area contributed by atoms with E-state index >= 15 is 0 Å². The number of hydrogen-bond acceptors (Lipinski definition) is 1. The molecule has 430 valence electrons. The Balaban J connectivity index is 1.66. The van der Waals surface area contributed by atoms with Gasteiger partial charge in [0, 0.05) is 27.8 Å². The molecule has 6 aromatic rings. The third kappa shape index (κ3) is 23.8. The van der Waals surface area contributed by atoms with Crippen molar-refractivity contribution in [1.82, 2.24) is 0 Å². The summed E-state index contributed by atoms with van der Waals surface area (Å²) in [5, 5.41) is 0. The molecule has 0 aliphatic carbocycles. The van der Waals surface area contributed by atoms with Gasteiger partial charge in [-0.3, -0.25) is 0 Å². The summed E-state index contributed by atoms with van der Waals surface area (Å²) in [5.41, 5.74) is 14.6. The van der Waals surface area contributed by atoms with Crippen molar-refractivity contribution in [3.8, 4) is 65.0 Å². The lowest BCUT2D eigenvalue weighted by Gasteiger charge is -2.15. The molecule has 83 heavy (non-hydrogen) atoms. The zero-order chi connectivity index (χ0) is 58.4. The standard InChI is InChI=1S/C82H96O/c1-7-13-19-20-21-22-23-24-30-66-83-82-80(64-59-75-52-42-70(43-53-75)34-28-17-11-5)78(62-57-73-48-38-68(39-49-73)32-26-15-9-3)77(61-56-72-46-36-67(37-47-72)31-25-14-8-2)79(63-58-74-50-40-69(41-51-74)33-27-16-10-4)81(82)65-60-76-54-44-71(45-55-76)35-29-18-12-6/h30,36-55,66H,7-29,31-35H2,1-6H3/b66-30+. The Bertz CT molecular complexity index is 3030. The molecule has 6 aromatic carbocycles. The van der Waals surface area contributed by atoms with Gasteiger partial charge in [0.2, 0.25) is 0 Å². The molecule has 0 bridgehead atoms. The average molecular weight is 1100 g/mol. The van der Waals surface area contributed by atoms with Crippen LogP contribution in [0.5, 0.6) is 5.75 Å². The largest absolute Gasteiger partial charge is 0.463 e. The quantitative estimate of drug-likeness (QED) is 0.0248. The van der Waals surface area contributed by atoms with Crippen molar-refractivity contribution in [3.63, 3.8) is 0 Å². The highest BCUT2D eigenvalue weighted by atomic mass is 16.5. The molecule has 0 spiro atoms. The van der Waals surface area contributed by atoms with Gasteiger partial charge in [-0.15, -0.1) is 0 Å². The predicted octanol–water partition coefficient (Wildman–Crippen LogP) is 21.4. The summed E-state index contributed by atoms with van der Waals surface area (Å²) in [5.74, 6) is 37.2. The number of unbranched alkanes of at least 4 members (excludes halogenated alkanes) is 17. The Morgan fingerprint density at radius 3 is 0.759 bits per heavy atom. The van der Waals surface area contributed by atoms with Crippen LogP contribution in [0.15, 0.2) is 134 Å². The van der Waals surface area contributed by atoms with Gasteiger partial charge in [-0.25, -0.2) is 0 Å². The van der Waals surface area contributed by atoms with E-state index in [-0.39, 0.29) is 0 Å². The third-order valence-electron chi connectivity index (χ3n) is 15.5. The van der Waals surface area contributed by atoms with Gasteiger partial charge in [-0.2, -0.15) is 0 Å². The van der Waals surface area contributed by atoms with Gasteiger partial charge in [0.05, 0.1) is 34.1 Å². The zero-order valence-corrected chi connectivity index (χ0v) is 51.9. The smallest absolute Gasteiger partial charge is 0.160 e. The summed E-state index contributed by atoms with van der Waals surface area (Å²) in [6.45, 7) is 13.6. The molecule has 0 heterocycles. The van der Waals surface area contributed by atoms with Gasteiger partial charge in [0.25, 0.3) is 0 Å². The van der Waals surface area contributed by atoms with E-state index in [2.05, 4.69) is 228 Å². The Kier molecular flexibility index (Phi) is 30.6. The van der Waals surface area contributed by atoms with Crippen LogP contribution in [0.4, 0.5) is 0 Å². The lowest BCUT2D eigenvalue weighted by Crippen LogP contribution is -2.04. The van der Waals surface area contributed by atoms with E-state index in [0.717, 1.165) is 72.8 Å². The molecule has 6 rings (SSSR count). The molecule has 0 atom stereocenters. The van der Waals surface area contributed by atoms with Crippen molar-refractivity contribution in [1.29, 1.82) is 0 Å². The second-order valence-electron chi connectivity index (χ2n) is 22.6. The molecule has 0 fully saturated rings. The molecule has 0 saturated heterocycles. The zero-order valence-electron chi connectivity index (χ0n) is 51.9. The van der Waals surface area contributed by atoms with E-state index in [1.807, 2.05) is 6.26 Å². The van der Waals surface area contributed by atoms with Crippen molar-refractivity contribution in [2.24, 2.45) is 0 Å². The number of hydrogen-bond donors (Lipinski definition) is 0. The van der Waals surface area contributed by atoms with Crippen LogP contribution in [0.1, 0.15) is 273 Å². The Morgan fingerprint density at radius 1 is 0.253 bits per heavy atom. The highest BCUT2D eigenvalue weighted by Gasteiger charge is 2.22. The SMILES string of the molecule is CCCCCCCCC/C=C/Oc1c(C#Cc2ccc(CCCCC)cc2)c(C#Cc2ccc(CCCCC)cc2)c(C#Cc2ccc(CCCCC)cc2)c(C#Cc2ccc(CCCCC)cc2)c1C#Cc1ccc(CCCCC)cc1. The van der Waals surface area contributed by atoms with Crippen LogP contribution in [0.25, 0.3) is 0 Å². The second kappa shape index (κ2) is 39.2. The Labute approximate surface area is 505 Å². The molecule has 1 heteroatoms. The van der Waals surface area contributed by atoms with Gasteiger partial charge < -0.3 is 4.74 Å². The van der Waals surface area contributed by atoms with Crippen LogP contribution in [-0.2, 0) is 32.1 Å². The summed E-state index contributed by atoms with van der Waals surface area (Å²) in [6, 6.07) is 43.8. The predicted molar refractivity (Wildman–Crippen MR) is 357 cm³/mol. The van der Waals surface area contributed by atoms with E-state index in [9.17, 15) is 0 Å². The fourth-order valence-electron chi connectivity index (χ4n) is 10.2. The maximum Gasteiger partial charge on any atom is 0.160 e. The van der Waals surface area contributed by atoms with Crippen LogP contribution in [-0.4, -0.2) is 0 Å². The van der Waals surface area contributed by atoms with E-state index in [1.165, 1.54) is 163 Å². The molecule has 0 aliphatic rings. The summed E-state index contributed by atoms with van der Waals surface area (Å²) in [7, 11) is 0. The van der Waals surface area contributed by atoms with Crippen LogP contribution >= 0.6 is 0 Å². The first-order valence-corrected chi connectivity index (χ1v) is 32.5. The lowest BCUT2D eigenvalue weighted by molar-refractivity contribution is 0.474. The van der Waals surface area contributed by atoms with Gasteiger partial charge in [-0.1, -0.05) is 264 Å². The average Bonchev–Trinajstić information content (AvgIpc) is 3.65. The minimum absolute atomic E-state index is 0.543. The molecule has 0 unspecified atom stereocenters. The van der Waals surface area contributed by atoms with Gasteiger partial charge in [0.15, 0.2) is 5.75 Å². The van der Waals surface area contributed by atoms with Crippen molar-refractivity contribution in [3.05, 3.63) is 217 Å². The van der Waals surface area contributed by atoms with Crippen molar-refractivity contribution in [2.45, 2.75) is 221 Å². The second-order valence-corrected chi connectivity index (χ2v) is 22.6. The van der Waals surface area contributed by atoms with E-state index < -0.39 is 0 Å². The maximum absolute atomic E-state index is 7.07. The third-order valence-corrected chi connectivity index (χ3v) is 15.5. The first kappa shape index (κ1) is 64.8. The van der Waals surface area contributed by atoms with Crippen molar-refractivity contribution >= 4 is 0 Å². The molecular weight excluding hydrogens is 1000 g/mol. The molecule has 0 radical (unpaired) electrons. The summed E-state index contributed by atoms with van der Waals surface area (Å²) >= 11 is 0. The van der Waals surface area contributed by atoms with Crippen LogP contribution in [0, 0.1) is 59.2 Å². The first-order valence-electron chi connectivity index (χ1n) is 32.5. The topological polar surface area (TPSA) is 9.23 Å². The maximum atomic E-state index is 7.07. The van der Waals surface area contributed by atoms with E-state index in [0.29, 0.717) is 33.6 Å². The fourth-order valence-corrected chi connectivity index (χ4v) is 10.2. The van der Waals surface area contributed by atoms with Crippen LogP contribution in [0.3, 0.4) is 0 Å². The van der Waals surface area contributed by atoms with Crippen molar-refractivity contribution in [2.75, 3.05) is 0 Å². The summed E-state index contributed by atoms with van der Waals surface area (Å²) < 4.78 is 7.07. The van der Waals surface area contributed by atoms with E-state index in [1.54, 1.807) is 0 Å². The minimum atomic E-state index is 0.543. The highest BCUT2D eigenvalue weighted by molar-refractivity contribution is 5.78. The summed E-state index contributed by atoms with van der Waals surface area (Å²) in [4.78, 5) is 0. The minimum Gasteiger partial charge on any atom is -0.463 e. The van der Waals surface area contributed by atoms with Gasteiger partial charge >= 0.3 is 0 Å². The fraction of sp³-hybridized carbons (Fsp3) is 0.415. The molecule has 0 N–H and O–H groups in total. The Morgan fingerprint density at radius 2 is 0.482 bits per heavy atom. The number of aryl methyl sites for hydroxylation is 5. The summed E-state index contributed by atoms with van der Waals surface area (Å²) in [6.07, 6.45) is 37.0. The molecular formula is C82H96O. The van der Waals surface area contributed by atoms with Gasteiger partial charge in [0.1, 0.15) is 0 Å². The molecule has 1 nitrogen and oxygen atoms in total. The molecule has 0 aliphatic heterocycles. The van der Waals surface area contributed by atoms with Crippen LogP contribution in [0.2, 0.25) is 0 Å². The number of allylic oxidation sites excluding steroid dienone is 1. The first-order chi connectivity index (χ1) is 40.9. The molecule has 0 amide bonds. The number of benzene rings is 6. The molecule has 0 saturated carbocycles. The van der Waals surface area contributed by atoms with E-state index in [4.69, 9.17) is 4.74 Å². The van der Waals surface area contributed by atoms with Gasteiger partial charge in [-0.05, 0) is 172 Å². The Hall–Kier alpha value is -7.34. The monoisotopic (exact) mass is 1100 g/mol. The lowest BCUT2D eigenvalue weighted by atomic mass is 9.89. The number of rotatable bonds is 30. The molecule has 0 aromatic heterocycles. The highest BCUT2D eigenvalue weighted by Crippen LogP contribution is 2.35. The normalized spacial score (nSPS) is 10.6. The van der Waals surface area contributed by atoms with Crippen molar-refractivity contribution < 1.29 is 4.74 Å². The van der Waals surface area contributed by atoms with Crippen LogP contribution < -0.4 is 4.74 Å².